The van der Waals surface area contributed by atoms with E-state index in [4.69, 9.17) is 5.73 Å². The van der Waals surface area contributed by atoms with Gasteiger partial charge in [0.25, 0.3) is 0 Å². The predicted molar refractivity (Wildman–Crippen MR) is 71.6 cm³/mol. The fraction of sp³-hybridized carbons (Fsp3) is 0.929. The van der Waals surface area contributed by atoms with Crippen LogP contribution < -0.4 is 11.1 Å². The van der Waals surface area contributed by atoms with E-state index < -0.39 is 5.41 Å². The molecule has 3 nitrogen and oxygen atoms in total. The lowest BCUT2D eigenvalue weighted by atomic mass is 9.83. The van der Waals surface area contributed by atoms with Gasteiger partial charge in [0.2, 0.25) is 5.91 Å². The third kappa shape index (κ3) is 4.30. The highest BCUT2D eigenvalue weighted by Gasteiger charge is 2.29. The van der Waals surface area contributed by atoms with Crippen LogP contribution in [0.1, 0.15) is 59.3 Å². The first kappa shape index (κ1) is 14.5. The van der Waals surface area contributed by atoms with Crippen molar-refractivity contribution in [3.63, 3.8) is 0 Å². The molecule has 0 aromatic rings. The summed E-state index contributed by atoms with van der Waals surface area (Å²) in [4.78, 5) is 12.0. The number of amides is 1. The van der Waals surface area contributed by atoms with Gasteiger partial charge in [0.15, 0.2) is 0 Å². The highest BCUT2D eigenvalue weighted by molar-refractivity contribution is 5.82. The molecule has 1 saturated carbocycles. The second kappa shape index (κ2) is 6.39. The van der Waals surface area contributed by atoms with Crippen molar-refractivity contribution in [2.24, 2.45) is 17.1 Å². The average Bonchev–Trinajstić information content (AvgIpc) is 2.32. The number of carbonyl (C=O) groups excluding carboxylic acids is 1. The molecule has 1 fully saturated rings. The van der Waals surface area contributed by atoms with Crippen molar-refractivity contribution in [1.82, 2.24) is 5.32 Å². The van der Waals surface area contributed by atoms with E-state index in [2.05, 4.69) is 12.2 Å². The van der Waals surface area contributed by atoms with E-state index in [-0.39, 0.29) is 5.91 Å². The standard InChI is InChI=1S/C14H28N2O/c1-4-5-11-6-8-12(9-7-11)16-13(17)14(2,3)10-15/h11-12H,4-10,15H2,1-3H3,(H,16,17). The Bertz CT molecular complexity index is 243. The summed E-state index contributed by atoms with van der Waals surface area (Å²) in [6, 6.07) is 0.376. The van der Waals surface area contributed by atoms with E-state index in [1.54, 1.807) is 0 Å². The van der Waals surface area contributed by atoms with E-state index in [0.717, 1.165) is 18.8 Å². The zero-order valence-electron chi connectivity index (χ0n) is 11.6. The third-order valence-corrected chi connectivity index (χ3v) is 4.00. The molecular weight excluding hydrogens is 212 g/mol. The topological polar surface area (TPSA) is 55.1 Å². The molecule has 0 heterocycles. The number of rotatable bonds is 5. The molecule has 0 unspecified atom stereocenters. The molecule has 0 spiro atoms. The molecule has 1 amide bonds. The molecule has 1 aliphatic rings. The van der Waals surface area contributed by atoms with Crippen LogP contribution in [0.25, 0.3) is 0 Å². The van der Waals surface area contributed by atoms with Gasteiger partial charge < -0.3 is 11.1 Å². The first-order chi connectivity index (χ1) is 7.99. The van der Waals surface area contributed by atoms with E-state index in [1.807, 2.05) is 13.8 Å². The fourth-order valence-electron chi connectivity index (χ4n) is 2.48. The number of nitrogens with two attached hydrogens (primary N) is 1. The second-order valence-electron chi connectivity index (χ2n) is 6.07. The van der Waals surface area contributed by atoms with E-state index in [1.165, 1.54) is 25.7 Å². The van der Waals surface area contributed by atoms with Crippen LogP contribution in [-0.4, -0.2) is 18.5 Å². The minimum Gasteiger partial charge on any atom is -0.353 e. The summed E-state index contributed by atoms with van der Waals surface area (Å²) in [7, 11) is 0. The molecular formula is C14H28N2O. The zero-order chi connectivity index (χ0) is 12.9. The molecule has 0 aromatic carbocycles. The van der Waals surface area contributed by atoms with Gasteiger partial charge in [-0.1, -0.05) is 19.8 Å². The molecule has 1 aliphatic carbocycles. The Balaban J connectivity index is 2.33. The van der Waals surface area contributed by atoms with Crippen LogP contribution in [0.3, 0.4) is 0 Å². The molecule has 3 heteroatoms. The molecule has 0 bridgehead atoms. The van der Waals surface area contributed by atoms with E-state index in [0.29, 0.717) is 12.6 Å². The van der Waals surface area contributed by atoms with Crippen molar-refractivity contribution in [1.29, 1.82) is 0 Å². The molecule has 1 rings (SSSR count). The lowest BCUT2D eigenvalue weighted by Crippen LogP contribution is -2.47. The van der Waals surface area contributed by atoms with Gasteiger partial charge in [-0.15, -0.1) is 0 Å². The SMILES string of the molecule is CCCC1CCC(NC(=O)C(C)(C)CN)CC1. The van der Waals surface area contributed by atoms with Gasteiger partial charge >= 0.3 is 0 Å². The Morgan fingerprint density at radius 1 is 1.29 bits per heavy atom. The Labute approximate surface area is 106 Å². The summed E-state index contributed by atoms with van der Waals surface area (Å²) in [5, 5.41) is 3.15. The zero-order valence-corrected chi connectivity index (χ0v) is 11.6. The molecule has 0 radical (unpaired) electrons. The highest BCUT2D eigenvalue weighted by atomic mass is 16.2. The van der Waals surface area contributed by atoms with Crippen LogP contribution in [0.2, 0.25) is 0 Å². The molecule has 0 aliphatic heterocycles. The maximum atomic E-state index is 12.0. The number of carbonyl (C=O) groups is 1. The van der Waals surface area contributed by atoms with Crippen LogP contribution in [0.5, 0.6) is 0 Å². The first-order valence-corrected chi connectivity index (χ1v) is 7.00. The fourth-order valence-corrected chi connectivity index (χ4v) is 2.48. The largest absolute Gasteiger partial charge is 0.353 e. The summed E-state index contributed by atoms with van der Waals surface area (Å²) in [5.74, 6) is 0.995. The van der Waals surface area contributed by atoms with Gasteiger partial charge in [-0.2, -0.15) is 0 Å². The van der Waals surface area contributed by atoms with Gasteiger partial charge in [-0.05, 0) is 45.4 Å². The van der Waals surface area contributed by atoms with Crippen LogP contribution in [0, 0.1) is 11.3 Å². The molecule has 0 saturated heterocycles. The third-order valence-electron chi connectivity index (χ3n) is 4.00. The number of hydrogen-bond donors (Lipinski definition) is 2. The molecule has 0 aromatic heterocycles. The minimum atomic E-state index is -0.430. The lowest BCUT2D eigenvalue weighted by Gasteiger charge is -2.31. The summed E-state index contributed by atoms with van der Waals surface area (Å²) >= 11 is 0. The minimum absolute atomic E-state index is 0.110. The molecule has 100 valence electrons. The molecule has 0 atom stereocenters. The van der Waals surface area contributed by atoms with Crippen LogP contribution in [0.4, 0.5) is 0 Å². The van der Waals surface area contributed by atoms with Gasteiger partial charge in [0, 0.05) is 12.6 Å². The smallest absolute Gasteiger partial charge is 0.227 e. The van der Waals surface area contributed by atoms with Crippen molar-refractivity contribution in [2.75, 3.05) is 6.54 Å². The van der Waals surface area contributed by atoms with Crippen LogP contribution >= 0.6 is 0 Å². The van der Waals surface area contributed by atoms with Crippen molar-refractivity contribution in [3.05, 3.63) is 0 Å². The quantitative estimate of drug-likeness (QED) is 0.775. The molecule has 17 heavy (non-hydrogen) atoms. The normalized spacial score (nSPS) is 25.6. The number of nitrogens with one attached hydrogen (secondary N) is 1. The summed E-state index contributed by atoms with van der Waals surface area (Å²) in [5.41, 5.74) is 5.18. The van der Waals surface area contributed by atoms with Gasteiger partial charge in [-0.3, -0.25) is 4.79 Å². The average molecular weight is 240 g/mol. The first-order valence-electron chi connectivity index (χ1n) is 7.00. The second-order valence-corrected chi connectivity index (χ2v) is 6.07. The van der Waals surface area contributed by atoms with Gasteiger partial charge in [0.1, 0.15) is 0 Å². The molecule has 3 N–H and O–H groups in total. The Morgan fingerprint density at radius 3 is 2.35 bits per heavy atom. The van der Waals surface area contributed by atoms with E-state index >= 15 is 0 Å². The van der Waals surface area contributed by atoms with Crippen LogP contribution in [-0.2, 0) is 4.79 Å². The highest BCUT2D eigenvalue weighted by Crippen LogP contribution is 2.28. The maximum absolute atomic E-state index is 12.0. The van der Waals surface area contributed by atoms with Crippen molar-refractivity contribution in [2.45, 2.75) is 65.3 Å². The summed E-state index contributed by atoms with van der Waals surface area (Å²) in [6.07, 6.45) is 7.43. The van der Waals surface area contributed by atoms with Crippen molar-refractivity contribution in [3.8, 4) is 0 Å². The van der Waals surface area contributed by atoms with Crippen LogP contribution in [0.15, 0.2) is 0 Å². The Hall–Kier alpha value is -0.570. The summed E-state index contributed by atoms with van der Waals surface area (Å²) < 4.78 is 0. The Kier molecular flexibility index (Phi) is 5.44. The van der Waals surface area contributed by atoms with Crippen molar-refractivity contribution < 1.29 is 4.79 Å². The van der Waals surface area contributed by atoms with Gasteiger partial charge in [-0.25, -0.2) is 0 Å². The predicted octanol–water partition coefficient (Wildman–Crippen LogP) is 2.45. The maximum Gasteiger partial charge on any atom is 0.227 e. The monoisotopic (exact) mass is 240 g/mol. The number of hydrogen-bond acceptors (Lipinski definition) is 2. The Morgan fingerprint density at radius 2 is 1.88 bits per heavy atom. The summed E-state index contributed by atoms with van der Waals surface area (Å²) in [6.45, 7) is 6.47. The van der Waals surface area contributed by atoms with E-state index in [9.17, 15) is 4.79 Å². The lowest BCUT2D eigenvalue weighted by molar-refractivity contribution is -0.129. The van der Waals surface area contributed by atoms with Crippen molar-refractivity contribution >= 4 is 5.91 Å². The van der Waals surface area contributed by atoms with Gasteiger partial charge in [0.05, 0.1) is 5.41 Å².